The summed E-state index contributed by atoms with van der Waals surface area (Å²) in [5, 5.41) is 3.44. The fraction of sp³-hybridized carbons (Fsp3) is 0.300. The molecular formula is C20H20Cl2N2O2S. The van der Waals surface area contributed by atoms with E-state index in [9.17, 15) is 9.59 Å². The summed E-state index contributed by atoms with van der Waals surface area (Å²) in [6, 6.07) is 12.9. The van der Waals surface area contributed by atoms with Crippen molar-refractivity contribution in [2.45, 2.75) is 29.9 Å². The number of nitrogens with one attached hydrogen (secondary N) is 1. The summed E-state index contributed by atoms with van der Waals surface area (Å²) in [4.78, 5) is 28.2. The van der Waals surface area contributed by atoms with Gasteiger partial charge in [-0.15, -0.1) is 11.8 Å². The third-order valence-corrected chi connectivity index (χ3v) is 6.12. The highest BCUT2D eigenvalue weighted by atomic mass is 35.5. The van der Waals surface area contributed by atoms with Crippen molar-refractivity contribution in [3.8, 4) is 0 Å². The molecule has 1 atom stereocenters. The van der Waals surface area contributed by atoms with Crippen LogP contribution in [0, 0.1) is 0 Å². The summed E-state index contributed by atoms with van der Waals surface area (Å²) in [6.07, 6.45) is 1.48. The largest absolute Gasteiger partial charge is 0.332 e. The fourth-order valence-electron chi connectivity index (χ4n) is 3.01. The molecule has 7 heteroatoms. The molecule has 1 aliphatic rings. The van der Waals surface area contributed by atoms with E-state index in [1.807, 2.05) is 25.1 Å². The highest BCUT2D eigenvalue weighted by molar-refractivity contribution is 8.01. The smallest absolute Gasteiger partial charge is 0.244 e. The topological polar surface area (TPSA) is 49.4 Å². The molecule has 0 fully saturated rings. The van der Waals surface area contributed by atoms with Crippen LogP contribution >= 0.6 is 35.0 Å². The van der Waals surface area contributed by atoms with Crippen molar-refractivity contribution in [1.29, 1.82) is 0 Å². The van der Waals surface area contributed by atoms with Crippen molar-refractivity contribution in [1.82, 2.24) is 4.90 Å². The molecule has 0 bridgehead atoms. The van der Waals surface area contributed by atoms with Crippen LogP contribution in [0.15, 0.2) is 47.4 Å². The van der Waals surface area contributed by atoms with Gasteiger partial charge < -0.3 is 10.2 Å². The molecule has 27 heavy (non-hydrogen) atoms. The first-order chi connectivity index (χ1) is 13.0. The summed E-state index contributed by atoms with van der Waals surface area (Å²) in [6.45, 7) is 2.53. The first-order valence-corrected chi connectivity index (χ1v) is 10.4. The zero-order valence-corrected chi connectivity index (χ0v) is 17.2. The van der Waals surface area contributed by atoms with Gasteiger partial charge in [-0.2, -0.15) is 0 Å². The van der Waals surface area contributed by atoms with Gasteiger partial charge in [-0.1, -0.05) is 48.3 Å². The van der Waals surface area contributed by atoms with Crippen LogP contribution in [0.5, 0.6) is 0 Å². The average molecular weight is 423 g/mol. The van der Waals surface area contributed by atoms with E-state index in [-0.39, 0.29) is 23.6 Å². The van der Waals surface area contributed by atoms with Crippen LogP contribution in [-0.4, -0.2) is 35.1 Å². The molecule has 1 heterocycles. The lowest BCUT2D eigenvalue weighted by molar-refractivity contribution is -0.134. The zero-order valence-electron chi connectivity index (χ0n) is 14.9. The molecule has 2 aromatic rings. The molecule has 0 unspecified atom stereocenters. The molecule has 2 amide bonds. The van der Waals surface area contributed by atoms with E-state index in [0.29, 0.717) is 28.7 Å². The Bertz CT molecular complexity index is 835. The van der Waals surface area contributed by atoms with Crippen molar-refractivity contribution in [3.63, 3.8) is 0 Å². The third-order valence-electron chi connectivity index (χ3n) is 4.27. The highest BCUT2D eigenvalue weighted by Crippen LogP contribution is 2.37. The van der Waals surface area contributed by atoms with Crippen LogP contribution in [0.2, 0.25) is 10.0 Å². The number of fused-ring (bicyclic) bond motifs is 1. The minimum absolute atomic E-state index is 0.000958. The van der Waals surface area contributed by atoms with Crippen LogP contribution in [0.3, 0.4) is 0 Å². The SMILES string of the molecule is CCCN(CC(=O)Nc1ccc(Cl)cc1Cl)C(=O)[C@@H]1Cc2ccccc2S1. The van der Waals surface area contributed by atoms with E-state index in [0.717, 1.165) is 11.3 Å². The number of hydrogen-bond acceptors (Lipinski definition) is 3. The summed E-state index contributed by atoms with van der Waals surface area (Å²) in [5.74, 6) is -0.281. The minimum Gasteiger partial charge on any atom is -0.332 e. The van der Waals surface area contributed by atoms with E-state index in [2.05, 4.69) is 11.4 Å². The molecule has 0 saturated heterocycles. The lowest BCUT2D eigenvalue weighted by atomic mass is 10.1. The maximum atomic E-state index is 13.0. The second-order valence-electron chi connectivity index (χ2n) is 6.35. The van der Waals surface area contributed by atoms with Gasteiger partial charge in [-0.3, -0.25) is 9.59 Å². The number of rotatable bonds is 6. The van der Waals surface area contributed by atoms with Gasteiger partial charge in [0.05, 0.1) is 22.5 Å². The van der Waals surface area contributed by atoms with Gasteiger partial charge in [0.1, 0.15) is 0 Å². The Kier molecular flexibility index (Phi) is 6.68. The third kappa shape index (κ3) is 4.98. The predicted octanol–water partition coefficient (Wildman–Crippen LogP) is 4.89. The standard InChI is InChI=1S/C20H20Cl2N2O2S/c1-2-9-24(12-19(25)23-16-8-7-14(21)11-15(16)22)20(26)18-10-13-5-3-4-6-17(13)27-18/h3-8,11,18H,2,9-10,12H2,1H3,(H,23,25)/t18-/m0/s1. The predicted molar refractivity (Wildman–Crippen MR) is 112 cm³/mol. The molecular weight excluding hydrogens is 403 g/mol. The molecule has 3 rings (SSSR count). The Morgan fingerprint density at radius 1 is 1.22 bits per heavy atom. The Labute approximate surface area is 173 Å². The second kappa shape index (κ2) is 9.00. The van der Waals surface area contributed by atoms with E-state index >= 15 is 0 Å². The van der Waals surface area contributed by atoms with Crippen LogP contribution in [-0.2, 0) is 16.0 Å². The molecule has 142 valence electrons. The Morgan fingerprint density at radius 2 is 2.00 bits per heavy atom. The fourth-order valence-corrected chi connectivity index (χ4v) is 4.75. The number of anilines is 1. The maximum absolute atomic E-state index is 13.0. The van der Waals surface area contributed by atoms with Gasteiger partial charge >= 0.3 is 0 Å². The van der Waals surface area contributed by atoms with E-state index in [1.54, 1.807) is 34.9 Å². The molecule has 0 radical (unpaired) electrons. The monoisotopic (exact) mass is 422 g/mol. The van der Waals surface area contributed by atoms with Crippen molar-refractivity contribution < 1.29 is 9.59 Å². The lowest BCUT2D eigenvalue weighted by Crippen LogP contribution is -2.42. The Hall–Kier alpha value is -1.69. The van der Waals surface area contributed by atoms with Gasteiger partial charge in [0.15, 0.2) is 0 Å². The van der Waals surface area contributed by atoms with Crippen LogP contribution in [0.25, 0.3) is 0 Å². The molecule has 2 aromatic carbocycles. The summed E-state index contributed by atoms with van der Waals surface area (Å²) >= 11 is 13.6. The Balaban J connectivity index is 1.65. The first kappa shape index (κ1) is 20.1. The number of thioether (sulfide) groups is 1. The van der Waals surface area contributed by atoms with Crippen molar-refractivity contribution in [2.75, 3.05) is 18.4 Å². The normalized spacial score (nSPS) is 15.3. The Morgan fingerprint density at radius 3 is 2.70 bits per heavy atom. The summed E-state index contributed by atoms with van der Waals surface area (Å²) in [5.41, 5.74) is 1.67. The van der Waals surface area contributed by atoms with E-state index in [1.165, 1.54) is 5.56 Å². The number of carbonyl (C=O) groups excluding carboxylic acids is 2. The van der Waals surface area contributed by atoms with Crippen LogP contribution in [0.1, 0.15) is 18.9 Å². The molecule has 1 N–H and O–H groups in total. The molecule has 0 spiro atoms. The van der Waals surface area contributed by atoms with E-state index in [4.69, 9.17) is 23.2 Å². The number of amides is 2. The maximum Gasteiger partial charge on any atom is 0.244 e. The number of halogens is 2. The first-order valence-electron chi connectivity index (χ1n) is 8.76. The quantitative estimate of drug-likeness (QED) is 0.720. The highest BCUT2D eigenvalue weighted by Gasteiger charge is 2.31. The summed E-state index contributed by atoms with van der Waals surface area (Å²) < 4.78 is 0. The van der Waals surface area contributed by atoms with Gasteiger partial charge in [0.25, 0.3) is 0 Å². The van der Waals surface area contributed by atoms with Crippen molar-refractivity contribution >= 4 is 52.5 Å². The average Bonchev–Trinajstić information content (AvgIpc) is 3.07. The van der Waals surface area contributed by atoms with Gasteiger partial charge in [-0.05, 0) is 42.7 Å². The molecule has 0 saturated carbocycles. The number of hydrogen-bond donors (Lipinski definition) is 1. The number of benzene rings is 2. The molecule has 1 aliphatic heterocycles. The second-order valence-corrected chi connectivity index (χ2v) is 8.44. The van der Waals surface area contributed by atoms with Gasteiger partial charge in [0.2, 0.25) is 11.8 Å². The number of nitrogens with zero attached hydrogens (tertiary/aromatic N) is 1. The van der Waals surface area contributed by atoms with Crippen LogP contribution < -0.4 is 5.32 Å². The zero-order chi connectivity index (χ0) is 19.4. The van der Waals surface area contributed by atoms with Crippen LogP contribution in [0.4, 0.5) is 5.69 Å². The van der Waals surface area contributed by atoms with Gasteiger partial charge in [0, 0.05) is 16.5 Å². The van der Waals surface area contributed by atoms with Crippen molar-refractivity contribution in [2.24, 2.45) is 0 Å². The lowest BCUT2D eigenvalue weighted by Gasteiger charge is -2.24. The molecule has 4 nitrogen and oxygen atoms in total. The minimum atomic E-state index is -0.276. The number of carbonyl (C=O) groups is 2. The van der Waals surface area contributed by atoms with E-state index < -0.39 is 0 Å². The summed E-state index contributed by atoms with van der Waals surface area (Å²) in [7, 11) is 0. The van der Waals surface area contributed by atoms with Crippen molar-refractivity contribution in [3.05, 3.63) is 58.1 Å². The molecule has 0 aromatic heterocycles. The molecule has 0 aliphatic carbocycles. The van der Waals surface area contributed by atoms with Gasteiger partial charge in [-0.25, -0.2) is 0 Å².